The SMILES string of the molecule is NC(=O)c1ccc(OCc2ccccc2)c(-c2c[nH]ccc2=O)c1. The number of rotatable bonds is 5. The molecule has 0 bridgehead atoms. The molecule has 0 saturated carbocycles. The van der Waals surface area contributed by atoms with Gasteiger partial charge in [-0.25, -0.2) is 0 Å². The van der Waals surface area contributed by atoms with Crippen molar-refractivity contribution < 1.29 is 9.53 Å². The highest BCUT2D eigenvalue weighted by atomic mass is 16.5. The summed E-state index contributed by atoms with van der Waals surface area (Å²) >= 11 is 0. The van der Waals surface area contributed by atoms with Gasteiger partial charge in [-0.05, 0) is 23.8 Å². The number of benzene rings is 2. The lowest BCUT2D eigenvalue weighted by atomic mass is 10.0. The minimum atomic E-state index is -0.557. The molecule has 0 aliphatic heterocycles. The van der Waals surface area contributed by atoms with Gasteiger partial charge >= 0.3 is 0 Å². The Morgan fingerprint density at radius 2 is 1.83 bits per heavy atom. The quantitative estimate of drug-likeness (QED) is 0.758. The molecule has 0 saturated heterocycles. The number of primary amides is 1. The van der Waals surface area contributed by atoms with Crippen LogP contribution in [0, 0.1) is 0 Å². The topological polar surface area (TPSA) is 85.2 Å². The average molecular weight is 320 g/mol. The number of aromatic nitrogens is 1. The standard InChI is InChI=1S/C19H16N2O3/c20-19(23)14-6-7-18(24-12-13-4-2-1-3-5-13)15(10-14)16-11-21-9-8-17(16)22/h1-11H,12H2,(H2,20,23)(H,21,22). The summed E-state index contributed by atoms with van der Waals surface area (Å²) in [5.41, 5.74) is 7.46. The molecule has 0 fully saturated rings. The molecule has 0 radical (unpaired) electrons. The van der Waals surface area contributed by atoms with Crippen LogP contribution in [0.1, 0.15) is 15.9 Å². The third kappa shape index (κ3) is 3.35. The first-order valence-corrected chi connectivity index (χ1v) is 7.43. The Morgan fingerprint density at radius 3 is 2.54 bits per heavy atom. The smallest absolute Gasteiger partial charge is 0.248 e. The molecule has 3 aromatic rings. The van der Waals surface area contributed by atoms with Crippen LogP contribution in [-0.4, -0.2) is 10.9 Å². The van der Waals surface area contributed by atoms with Crippen molar-refractivity contribution in [2.75, 3.05) is 0 Å². The molecule has 24 heavy (non-hydrogen) atoms. The summed E-state index contributed by atoms with van der Waals surface area (Å²) in [6.07, 6.45) is 3.13. The second-order valence-corrected chi connectivity index (χ2v) is 5.27. The zero-order chi connectivity index (χ0) is 16.9. The summed E-state index contributed by atoms with van der Waals surface area (Å²) in [7, 11) is 0. The van der Waals surface area contributed by atoms with Crippen LogP contribution in [0.3, 0.4) is 0 Å². The Labute approximate surface area is 138 Å². The van der Waals surface area contributed by atoms with E-state index in [1.165, 1.54) is 6.07 Å². The number of hydrogen-bond acceptors (Lipinski definition) is 3. The van der Waals surface area contributed by atoms with Crippen molar-refractivity contribution >= 4 is 5.91 Å². The maximum absolute atomic E-state index is 12.1. The number of amides is 1. The van der Waals surface area contributed by atoms with Crippen molar-refractivity contribution in [3.63, 3.8) is 0 Å². The van der Waals surface area contributed by atoms with Crippen LogP contribution in [0.5, 0.6) is 5.75 Å². The van der Waals surface area contributed by atoms with Crippen molar-refractivity contribution in [2.24, 2.45) is 5.73 Å². The van der Waals surface area contributed by atoms with Gasteiger partial charge in [0.2, 0.25) is 5.91 Å². The van der Waals surface area contributed by atoms with Gasteiger partial charge < -0.3 is 15.5 Å². The Kier molecular flexibility index (Phi) is 4.43. The van der Waals surface area contributed by atoms with Gasteiger partial charge in [-0.15, -0.1) is 0 Å². The van der Waals surface area contributed by atoms with Crippen LogP contribution in [0.25, 0.3) is 11.1 Å². The van der Waals surface area contributed by atoms with Crippen molar-refractivity contribution in [3.8, 4) is 16.9 Å². The fourth-order valence-electron chi connectivity index (χ4n) is 2.38. The lowest BCUT2D eigenvalue weighted by Gasteiger charge is -2.12. The van der Waals surface area contributed by atoms with E-state index in [-0.39, 0.29) is 5.43 Å². The third-order valence-corrected chi connectivity index (χ3v) is 3.62. The highest BCUT2D eigenvalue weighted by Gasteiger charge is 2.13. The molecule has 1 aromatic heterocycles. The molecule has 2 aromatic carbocycles. The van der Waals surface area contributed by atoms with E-state index in [1.807, 2.05) is 30.3 Å². The van der Waals surface area contributed by atoms with E-state index >= 15 is 0 Å². The van der Waals surface area contributed by atoms with E-state index in [0.29, 0.717) is 29.0 Å². The van der Waals surface area contributed by atoms with Crippen molar-refractivity contribution in [1.82, 2.24) is 4.98 Å². The molecule has 0 aliphatic rings. The second kappa shape index (κ2) is 6.83. The maximum atomic E-state index is 12.1. The maximum Gasteiger partial charge on any atom is 0.248 e. The first-order valence-electron chi connectivity index (χ1n) is 7.43. The number of ether oxygens (including phenoxy) is 1. The molecule has 0 aliphatic carbocycles. The Morgan fingerprint density at radius 1 is 1.04 bits per heavy atom. The fourth-order valence-corrected chi connectivity index (χ4v) is 2.38. The zero-order valence-electron chi connectivity index (χ0n) is 12.9. The summed E-state index contributed by atoms with van der Waals surface area (Å²) in [5.74, 6) is -0.0428. The lowest BCUT2D eigenvalue weighted by molar-refractivity contribution is 0.100. The number of pyridine rings is 1. The van der Waals surface area contributed by atoms with E-state index in [2.05, 4.69) is 4.98 Å². The fraction of sp³-hybridized carbons (Fsp3) is 0.0526. The van der Waals surface area contributed by atoms with Crippen LogP contribution < -0.4 is 15.9 Å². The van der Waals surface area contributed by atoms with Crippen LogP contribution >= 0.6 is 0 Å². The normalized spacial score (nSPS) is 10.3. The summed E-state index contributed by atoms with van der Waals surface area (Å²) in [6, 6.07) is 15.9. The number of carbonyl (C=O) groups excluding carboxylic acids is 1. The molecule has 0 atom stereocenters. The van der Waals surface area contributed by atoms with Crippen molar-refractivity contribution in [3.05, 3.63) is 88.3 Å². The molecule has 5 nitrogen and oxygen atoms in total. The number of aromatic amines is 1. The minimum absolute atomic E-state index is 0.167. The lowest BCUT2D eigenvalue weighted by Crippen LogP contribution is -2.12. The van der Waals surface area contributed by atoms with Crippen molar-refractivity contribution in [2.45, 2.75) is 6.61 Å². The van der Waals surface area contributed by atoms with E-state index in [0.717, 1.165) is 5.56 Å². The highest BCUT2D eigenvalue weighted by Crippen LogP contribution is 2.29. The predicted octanol–water partition coefficient (Wildman–Crippen LogP) is 2.72. The summed E-state index contributed by atoms with van der Waals surface area (Å²) in [5, 5.41) is 0. The monoisotopic (exact) mass is 320 g/mol. The van der Waals surface area contributed by atoms with Crippen LogP contribution in [0.15, 0.2) is 71.8 Å². The summed E-state index contributed by atoms with van der Waals surface area (Å²) < 4.78 is 5.86. The minimum Gasteiger partial charge on any atom is -0.488 e. The van der Waals surface area contributed by atoms with Crippen LogP contribution in [0.2, 0.25) is 0 Å². The number of carbonyl (C=O) groups is 1. The summed E-state index contributed by atoms with van der Waals surface area (Å²) in [6.45, 7) is 0.356. The molecule has 3 N–H and O–H groups in total. The molecule has 120 valence electrons. The Hall–Kier alpha value is -3.34. The van der Waals surface area contributed by atoms with Gasteiger partial charge in [-0.3, -0.25) is 9.59 Å². The average Bonchev–Trinajstić information content (AvgIpc) is 2.61. The molecular formula is C19H16N2O3. The molecule has 1 heterocycles. The van der Waals surface area contributed by atoms with Gasteiger partial charge in [-0.1, -0.05) is 30.3 Å². The van der Waals surface area contributed by atoms with Gasteiger partial charge in [-0.2, -0.15) is 0 Å². The zero-order valence-corrected chi connectivity index (χ0v) is 12.9. The first-order chi connectivity index (χ1) is 11.6. The predicted molar refractivity (Wildman–Crippen MR) is 91.8 cm³/mol. The number of H-pyrrole nitrogens is 1. The van der Waals surface area contributed by atoms with Crippen LogP contribution in [0.4, 0.5) is 0 Å². The largest absolute Gasteiger partial charge is 0.488 e. The molecule has 0 unspecified atom stereocenters. The van der Waals surface area contributed by atoms with Gasteiger partial charge in [0.15, 0.2) is 5.43 Å². The number of nitrogens with two attached hydrogens (primary N) is 1. The molecule has 5 heteroatoms. The van der Waals surface area contributed by atoms with Gasteiger partial charge in [0.05, 0.1) is 0 Å². The first kappa shape index (κ1) is 15.6. The molecular weight excluding hydrogens is 304 g/mol. The molecule has 3 rings (SSSR count). The second-order valence-electron chi connectivity index (χ2n) is 5.27. The molecule has 0 spiro atoms. The Balaban J connectivity index is 2.00. The number of hydrogen-bond donors (Lipinski definition) is 2. The van der Waals surface area contributed by atoms with E-state index < -0.39 is 5.91 Å². The molecule has 1 amide bonds. The van der Waals surface area contributed by atoms with Crippen molar-refractivity contribution in [1.29, 1.82) is 0 Å². The number of nitrogens with one attached hydrogen (secondary N) is 1. The summed E-state index contributed by atoms with van der Waals surface area (Å²) in [4.78, 5) is 26.5. The van der Waals surface area contributed by atoms with E-state index in [9.17, 15) is 9.59 Å². The van der Waals surface area contributed by atoms with E-state index in [1.54, 1.807) is 30.6 Å². The van der Waals surface area contributed by atoms with Gasteiger partial charge in [0, 0.05) is 35.2 Å². The van der Waals surface area contributed by atoms with Gasteiger partial charge in [0.1, 0.15) is 12.4 Å². The van der Waals surface area contributed by atoms with Gasteiger partial charge in [0.25, 0.3) is 0 Å². The Bertz CT molecular complexity index is 917. The van der Waals surface area contributed by atoms with E-state index in [4.69, 9.17) is 10.5 Å². The van der Waals surface area contributed by atoms with Crippen LogP contribution in [-0.2, 0) is 6.61 Å². The third-order valence-electron chi connectivity index (χ3n) is 3.62. The highest BCUT2D eigenvalue weighted by molar-refractivity contribution is 5.94.